The molecule has 4 aromatic carbocycles. The molecule has 0 saturated carbocycles. The van der Waals surface area contributed by atoms with Crippen molar-refractivity contribution >= 4 is 23.1 Å². The molecule has 1 unspecified atom stereocenters. The second-order valence-corrected chi connectivity index (χ2v) is 12.4. The van der Waals surface area contributed by atoms with Gasteiger partial charge in [0.1, 0.15) is 17.2 Å². The van der Waals surface area contributed by atoms with Gasteiger partial charge in [-0.15, -0.1) is 0 Å². The molecule has 1 atom stereocenters. The molecule has 0 bridgehead atoms. The number of hydrogen-bond acceptors (Lipinski definition) is 7. The fraction of sp³-hybridized carbons (Fsp3) is 0.250. The van der Waals surface area contributed by atoms with Crippen LogP contribution in [0.25, 0.3) is 11.1 Å². The normalized spacial score (nSPS) is 17.3. The number of benzene rings is 4. The van der Waals surface area contributed by atoms with Crippen LogP contribution in [0.5, 0.6) is 17.2 Å². The van der Waals surface area contributed by atoms with Gasteiger partial charge in [0.05, 0.1) is 11.2 Å². The molecular formula is C32H30BFO7S. The molecule has 1 fully saturated rings. The quantitative estimate of drug-likeness (QED) is 0.120. The van der Waals surface area contributed by atoms with Gasteiger partial charge in [-0.25, -0.2) is 0 Å². The second kappa shape index (κ2) is 10.5. The van der Waals surface area contributed by atoms with Gasteiger partial charge in [-0.1, -0.05) is 52.4 Å². The zero-order valence-corrected chi connectivity index (χ0v) is 24.5. The molecule has 4 aromatic rings. The van der Waals surface area contributed by atoms with Crippen LogP contribution in [-0.4, -0.2) is 26.7 Å². The second-order valence-electron chi connectivity index (χ2n) is 11.4. The van der Waals surface area contributed by atoms with E-state index in [1.54, 1.807) is 0 Å². The van der Waals surface area contributed by atoms with Crippen LogP contribution in [0, 0.1) is 0 Å². The molecule has 0 N–H and O–H groups in total. The molecule has 0 amide bonds. The van der Waals surface area contributed by atoms with Crippen molar-refractivity contribution in [2.75, 3.05) is 0 Å². The Kier molecular flexibility index (Phi) is 7.03. The molecule has 6 rings (SSSR count). The maximum Gasteiger partial charge on any atom is 0.494 e. The summed E-state index contributed by atoms with van der Waals surface area (Å²) in [7, 11) is -5.63. The largest absolute Gasteiger partial charge is 0.494 e. The van der Waals surface area contributed by atoms with Gasteiger partial charge in [-0.3, -0.25) is 0 Å². The van der Waals surface area contributed by atoms with Crippen molar-refractivity contribution in [3.63, 3.8) is 0 Å². The summed E-state index contributed by atoms with van der Waals surface area (Å²) in [6, 6.07) is 27.5. The highest BCUT2D eigenvalue weighted by atomic mass is 32.3. The Hall–Kier alpha value is -3.86. The van der Waals surface area contributed by atoms with Crippen LogP contribution < -0.4 is 19.1 Å². The Morgan fingerprint density at radius 2 is 1.29 bits per heavy atom. The van der Waals surface area contributed by atoms with Crippen LogP contribution in [0.15, 0.2) is 91.0 Å². The van der Waals surface area contributed by atoms with Crippen LogP contribution in [0.3, 0.4) is 0 Å². The van der Waals surface area contributed by atoms with Crippen molar-refractivity contribution in [3.8, 4) is 28.4 Å². The molecule has 1 saturated heterocycles. The molecule has 1 aliphatic heterocycles. The summed E-state index contributed by atoms with van der Waals surface area (Å²) in [6.07, 6.45) is -0.0446. The van der Waals surface area contributed by atoms with Gasteiger partial charge in [-0.05, 0) is 104 Å². The molecule has 216 valence electrons. The Morgan fingerprint density at radius 1 is 0.738 bits per heavy atom. The zero-order valence-electron chi connectivity index (χ0n) is 23.7. The lowest BCUT2D eigenvalue weighted by atomic mass is 9.79. The van der Waals surface area contributed by atoms with E-state index in [-0.39, 0.29) is 5.75 Å². The maximum atomic E-state index is 12.9. The van der Waals surface area contributed by atoms with E-state index in [9.17, 15) is 12.3 Å². The van der Waals surface area contributed by atoms with Crippen LogP contribution in [0.4, 0.5) is 3.89 Å². The van der Waals surface area contributed by atoms with Crippen LogP contribution in [-0.2, 0) is 26.2 Å². The van der Waals surface area contributed by atoms with E-state index in [2.05, 4.69) is 28.4 Å². The smallest absolute Gasteiger partial charge is 0.451 e. The van der Waals surface area contributed by atoms with Gasteiger partial charge >= 0.3 is 17.6 Å². The highest BCUT2D eigenvalue weighted by molar-refractivity contribution is 7.81. The van der Waals surface area contributed by atoms with Gasteiger partial charge in [-0.2, -0.15) is 8.42 Å². The van der Waals surface area contributed by atoms with E-state index in [1.165, 1.54) is 46.5 Å². The number of hydrogen-bond donors (Lipinski definition) is 0. The van der Waals surface area contributed by atoms with Crippen LogP contribution in [0.1, 0.15) is 50.7 Å². The first-order chi connectivity index (χ1) is 19.9. The lowest BCUT2D eigenvalue weighted by Gasteiger charge is -2.32. The third-order valence-corrected chi connectivity index (χ3v) is 8.39. The molecule has 0 aromatic heterocycles. The summed E-state index contributed by atoms with van der Waals surface area (Å²) in [5.41, 5.74) is 5.58. The first-order valence-electron chi connectivity index (χ1n) is 13.6. The molecule has 1 aliphatic carbocycles. The van der Waals surface area contributed by atoms with E-state index in [0.717, 1.165) is 17.4 Å². The number of rotatable bonds is 8. The number of ether oxygens (including phenoxy) is 2. The SMILES string of the molecule is CC1(C)OB(c2ccc(OC(Oc3ccc(OS(=O)(=O)F)cc3)c3ccc4c(c3)Cc3ccccc3-4)cc2)OC1(C)C. The van der Waals surface area contributed by atoms with Gasteiger partial charge in [0.2, 0.25) is 0 Å². The molecule has 1 heterocycles. The minimum atomic E-state index is -5.13. The summed E-state index contributed by atoms with van der Waals surface area (Å²) in [6.45, 7) is 8.04. The Balaban J connectivity index is 1.26. The zero-order chi connectivity index (χ0) is 29.7. The van der Waals surface area contributed by atoms with E-state index in [1.807, 2.05) is 70.2 Å². The summed E-state index contributed by atoms with van der Waals surface area (Å²) in [4.78, 5) is 0. The third-order valence-electron chi connectivity index (χ3n) is 8.00. The summed E-state index contributed by atoms with van der Waals surface area (Å²) >= 11 is 0. The van der Waals surface area contributed by atoms with E-state index < -0.39 is 35.1 Å². The average Bonchev–Trinajstić information content (AvgIpc) is 3.41. The van der Waals surface area contributed by atoms with Gasteiger partial charge < -0.3 is 23.0 Å². The fourth-order valence-corrected chi connectivity index (χ4v) is 5.43. The Morgan fingerprint density at radius 3 is 1.90 bits per heavy atom. The first kappa shape index (κ1) is 28.3. The van der Waals surface area contributed by atoms with Gasteiger partial charge in [0.15, 0.2) is 0 Å². The monoisotopic (exact) mass is 588 g/mol. The molecule has 2 aliphatic rings. The minimum absolute atomic E-state index is 0.170. The molecule has 0 spiro atoms. The predicted octanol–water partition coefficient (Wildman–Crippen LogP) is 6.31. The molecule has 7 nitrogen and oxygen atoms in total. The lowest BCUT2D eigenvalue weighted by Crippen LogP contribution is -2.41. The molecule has 0 radical (unpaired) electrons. The summed E-state index contributed by atoms with van der Waals surface area (Å²) in [5, 5.41) is 0. The maximum absolute atomic E-state index is 12.9. The van der Waals surface area contributed by atoms with Crippen molar-refractivity contribution in [2.45, 2.75) is 51.6 Å². The van der Waals surface area contributed by atoms with Crippen molar-refractivity contribution < 1.29 is 35.3 Å². The Bertz CT molecular complexity index is 1700. The average molecular weight is 588 g/mol. The number of fused-ring (bicyclic) bond motifs is 3. The molecular weight excluding hydrogens is 558 g/mol. The standard InChI is InChI=1S/C32H30BFO7S/c1-31(2)32(3,4)41-33(40-31)24-10-12-25(13-11-24)37-30(38-26-14-16-27(17-15-26)39-42(34,35)36)22-9-18-29-23(20-22)19-21-7-5-6-8-28(21)29/h5-18,20,30H,19H2,1-4H3. The van der Waals surface area contributed by atoms with Crippen molar-refractivity contribution in [1.82, 2.24) is 0 Å². The van der Waals surface area contributed by atoms with E-state index >= 15 is 0 Å². The molecule has 42 heavy (non-hydrogen) atoms. The number of halogens is 1. The molecule has 10 heteroatoms. The minimum Gasteiger partial charge on any atom is -0.451 e. The summed E-state index contributed by atoms with van der Waals surface area (Å²) in [5.74, 6) is 0.768. The predicted molar refractivity (Wildman–Crippen MR) is 158 cm³/mol. The highest BCUT2D eigenvalue weighted by Gasteiger charge is 2.51. The fourth-order valence-electron chi connectivity index (χ4n) is 5.09. The van der Waals surface area contributed by atoms with Crippen LogP contribution >= 0.6 is 0 Å². The Labute approximate surface area is 245 Å². The summed E-state index contributed by atoms with van der Waals surface area (Å²) < 4.78 is 63.9. The topological polar surface area (TPSA) is 80.3 Å². The van der Waals surface area contributed by atoms with Gasteiger partial charge in [0, 0.05) is 5.56 Å². The van der Waals surface area contributed by atoms with Crippen LogP contribution in [0.2, 0.25) is 0 Å². The third kappa shape index (κ3) is 5.75. The van der Waals surface area contributed by atoms with Crippen molar-refractivity contribution in [3.05, 3.63) is 108 Å². The van der Waals surface area contributed by atoms with E-state index in [0.29, 0.717) is 11.5 Å². The van der Waals surface area contributed by atoms with Crippen molar-refractivity contribution in [2.24, 2.45) is 0 Å². The van der Waals surface area contributed by atoms with Gasteiger partial charge in [0.25, 0.3) is 6.29 Å². The van der Waals surface area contributed by atoms with Crippen molar-refractivity contribution in [1.29, 1.82) is 0 Å². The first-order valence-corrected chi connectivity index (χ1v) is 14.9. The van der Waals surface area contributed by atoms with E-state index in [4.69, 9.17) is 18.8 Å². The lowest BCUT2D eigenvalue weighted by molar-refractivity contribution is 0.00376. The highest BCUT2D eigenvalue weighted by Crippen LogP contribution is 2.39.